The van der Waals surface area contributed by atoms with Crippen LogP contribution in [-0.4, -0.2) is 18.2 Å². The Morgan fingerprint density at radius 1 is 1.44 bits per heavy atom. The SMILES string of the molecule is CC/C(O)=C(\N=Nc1cccc(C)c1)C(=O)OC. The molecule has 0 bridgehead atoms. The Morgan fingerprint density at radius 3 is 2.72 bits per heavy atom. The van der Waals surface area contributed by atoms with E-state index in [1.54, 1.807) is 13.0 Å². The molecule has 5 nitrogen and oxygen atoms in total. The van der Waals surface area contributed by atoms with Crippen LogP contribution < -0.4 is 0 Å². The lowest BCUT2D eigenvalue weighted by Gasteiger charge is -2.01. The van der Waals surface area contributed by atoms with Gasteiger partial charge in [-0.25, -0.2) is 4.79 Å². The molecule has 0 saturated heterocycles. The molecule has 0 amide bonds. The van der Waals surface area contributed by atoms with E-state index in [1.165, 1.54) is 7.11 Å². The molecule has 18 heavy (non-hydrogen) atoms. The van der Waals surface area contributed by atoms with Crippen LogP contribution in [0.2, 0.25) is 0 Å². The van der Waals surface area contributed by atoms with E-state index in [0.717, 1.165) is 5.56 Å². The highest BCUT2D eigenvalue weighted by molar-refractivity contribution is 5.88. The molecule has 0 heterocycles. The van der Waals surface area contributed by atoms with Gasteiger partial charge in [0.1, 0.15) is 5.76 Å². The predicted molar refractivity (Wildman–Crippen MR) is 67.7 cm³/mol. The highest BCUT2D eigenvalue weighted by Gasteiger charge is 2.14. The van der Waals surface area contributed by atoms with Gasteiger partial charge in [0, 0.05) is 6.42 Å². The van der Waals surface area contributed by atoms with E-state index in [2.05, 4.69) is 15.0 Å². The van der Waals surface area contributed by atoms with E-state index in [0.29, 0.717) is 5.69 Å². The summed E-state index contributed by atoms with van der Waals surface area (Å²) < 4.78 is 4.54. The number of hydrogen-bond acceptors (Lipinski definition) is 5. The first-order valence-electron chi connectivity index (χ1n) is 5.57. The highest BCUT2D eigenvalue weighted by atomic mass is 16.5. The van der Waals surface area contributed by atoms with Crippen LogP contribution in [0.3, 0.4) is 0 Å². The van der Waals surface area contributed by atoms with Crippen LogP contribution in [0.1, 0.15) is 18.9 Å². The first kappa shape index (κ1) is 13.9. The van der Waals surface area contributed by atoms with Crippen molar-refractivity contribution in [3.8, 4) is 0 Å². The second-order valence-electron chi connectivity index (χ2n) is 3.68. The van der Waals surface area contributed by atoms with E-state index in [4.69, 9.17) is 0 Å². The fourth-order valence-electron chi connectivity index (χ4n) is 1.28. The minimum Gasteiger partial charge on any atom is -0.510 e. The zero-order valence-corrected chi connectivity index (χ0v) is 10.7. The molecule has 1 rings (SSSR count). The molecule has 0 aromatic heterocycles. The number of esters is 1. The number of allylic oxidation sites excluding steroid dienone is 1. The van der Waals surface area contributed by atoms with Crippen molar-refractivity contribution in [2.24, 2.45) is 10.2 Å². The third kappa shape index (κ3) is 3.69. The zero-order chi connectivity index (χ0) is 13.5. The molecular formula is C13H16N2O3. The Morgan fingerprint density at radius 2 is 2.17 bits per heavy atom. The summed E-state index contributed by atoms with van der Waals surface area (Å²) in [5, 5.41) is 17.2. The molecule has 0 atom stereocenters. The number of azo groups is 1. The van der Waals surface area contributed by atoms with E-state index < -0.39 is 5.97 Å². The summed E-state index contributed by atoms with van der Waals surface area (Å²) in [5.41, 5.74) is 1.48. The highest BCUT2D eigenvalue weighted by Crippen LogP contribution is 2.17. The third-order valence-corrected chi connectivity index (χ3v) is 2.25. The van der Waals surface area contributed by atoms with Gasteiger partial charge in [0.15, 0.2) is 0 Å². The molecule has 0 aliphatic heterocycles. The maximum atomic E-state index is 11.4. The molecule has 1 aromatic rings. The number of carbonyl (C=O) groups excluding carboxylic acids is 1. The topological polar surface area (TPSA) is 71.2 Å². The monoisotopic (exact) mass is 248 g/mol. The molecule has 0 saturated carbocycles. The Labute approximate surface area is 106 Å². The molecule has 0 radical (unpaired) electrons. The van der Waals surface area contributed by atoms with Gasteiger partial charge in [-0.3, -0.25) is 0 Å². The van der Waals surface area contributed by atoms with Crippen LogP contribution >= 0.6 is 0 Å². The molecule has 0 aliphatic rings. The molecule has 0 aliphatic carbocycles. The first-order chi connectivity index (χ1) is 8.58. The average molecular weight is 248 g/mol. The number of hydrogen-bond donors (Lipinski definition) is 1. The second kappa shape index (κ2) is 6.54. The summed E-state index contributed by atoms with van der Waals surface area (Å²) in [4.78, 5) is 11.4. The van der Waals surface area contributed by atoms with Crippen molar-refractivity contribution in [2.75, 3.05) is 7.11 Å². The number of aryl methyl sites for hydroxylation is 1. The first-order valence-corrected chi connectivity index (χ1v) is 5.57. The molecule has 0 unspecified atom stereocenters. The van der Waals surface area contributed by atoms with Gasteiger partial charge in [-0.1, -0.05) is 19.1 Å². The average Bonchev–Trinajstić information content (AvgIpc) is 2.38. The number of aliphatic hydroxyl groups is 1. The van der Waals surface area contributed by atoms with Gasteiger partial charge in [0.05, 0.1) is 12.8 Å². The smallest absolute Gasteiger partial charge is 0.362 e. The Hall–Kier alpha value is -2.17. The Balaban J connectivity index is 3.01. The third-order valence-electron chi connectivity index (χ3n) is 2.25. The summed E-state index contributed by atoms with van der Waals surface area (Å²) >= 11 is 0. The van der Waals surface area contributed by atoms with Crippen molar-refractivity contribution in [1.82, 2.24) is 0 Å². The lowest BCUT2D eigenvalue weighted by atomic mass is 10.2. The van der Waals surface area contributed by atoms with E-state index >= 15 is 0 Å². The molecular weight excluding hydrogens is 232 g/mol. The lowest BCUT2D eigenvalue weighted by molar-refractivity contribution is -0.136. The number of methoxy groups -OCH3 is 1. The van der Waals surface area contributed by atoms with Crippen LogP contribution in [0.4, 0.5) is 5.69 Å². The summed E-state index contributed by atoms with van der Waals surface area (Å²) in [6.07, 6.45) is 0.289. The summed E-state index contributed by atoms with van der Waals surface area (Å²) in [5.74, 6) is -0.844. The van der Waals surface area contributed by atoms with Gasteiger partial charge < -0.3 is 9.84 Å². The van der Waals surface area contributed by atoms with Gasteiger partial charge in [-0.2, -0.15) is 5.11 Å². The number of ether oxygens (including phenoxy) is 1. The normalized spacial score (nSPS) is 12.4. The summed E-state index contributed by atoms with van der Waals surface area (Å²) in [6.45, 7) is 3.64. The largest absolute Gasteiger partial charge is 0.510 e. The molecule has 1 aromatic carbocycles. The maximum absolute atomic E-state index is 11.4. The van der Waals surface area contributed by atoms with Crippen LogP contribution in [0.15, 0.2) is 46.0 Å². The van der Waals surface area contributed by atoms with E-state index in [-0.39, 0.29) is 17.9 Å². The Bertz CT molecular complexity index is 493. The number of nitrogens with zero attached hydrogens (tertiary/aromatic N) is 2. The molecule has 96 valence electrons. The second-order valence-corrected chi connectivity index (χ2v) is 3.68. The van der Waals surface area contributed by atoms with Crippen LogP contribution in [-0.2, 0) is 9.53 Å². The fourth-order valence-corrected chi connectivity index (χ4v) is 1.28. The predicted octanol–water partition coefficient (Wildman–Crippen LogP) is 3.43. The number of rotatable bonds is 4. The van der Waals surface area contributed by atoms with Crippen LogP contribution in [0.25, 0.3) is 0 Å². The van der Waals surface area contributed by atoms with Crippen molar-refractivity contribution in [3.05, 3.63) is 41.3 Å². The minimum atomic E-state index is -0.703. The number of aliphatic hydroxyl groups excluding tert-OH is 1. The fraction of sp³-hybridized carbons (Fsp3) is 0.308. The van der Waals surface area contributed by atoms with E-state index in [9.17, 15) is 9.90 Å². The van der Waals surface area contributed by atoms with Crippen molar-refractivity contribution < 1.29 is 14.6 Å². The lowest BCUT2D eigenvalue weighted by Crippen LogP contribution is -2.05. The van der Waals surface area contributed by atoms with Crippen molar-refractivity contribution in [2.45, 2.75) is 20.3 Å². The molecule has 1 N–H and O–H groups in total. The standard InChI is InChI=1S/C13H16N2O3/c1-4-11(16)12(13(17)18-3)15-14-10-7-5-6-9(2)8-10/h5-8,16H,4H2,1-3H3/b12-11+,15-14?. The zero-order valence-electron chi connectivity index (χ0n) is 10.7. The molecule has 0 spiro atoms. The van der Waals surface area contributed by atoms with Crippen molar-refractivity contribution >= 4 is 11.7 Å². The van der Waals surface area contributed by atoms with E-state index in [1.807, 2.05) is 25.1 Å². The van der Waals surface area contributed by atoms with Crippen LogP contribution in [0.5, 0.6) is 0 Å². The van der Waals surface area contributed by atoms with Crippen LogP contribution in [0, 0.1) is 6.92 Å². The quantitative estimate of drug-likeness (QED) is 0.384. The summed E-state index contributed by atoms with van der Waals surface area (Å²) in [6, 6.07) is 7.35. The Kier molecular flexibility index (Phi) is 5.05. The summed E-state index contributed by atoms with van der Waals surface area (Å²) in [7, 11) is 1.23. The molecule has 5 heteroatoms. The van der Waals surface area contributed by atoms with Gasteiger partial charge in [-0.05, 0) is 24.6 Å². The van der Waals surface area contributed by atoms with Gasteiger partial charge in [0.2, 0.25) is 5.70 Å². The van der Waals surface area contributed by atoms with Crippen molar-refractivity contribution in [1.29, 1.82) is 0 Å². The number of benzene rings is 1. The van der Waals surface area contributed by atoms with Gasteiger partial charge in [-0.15, -0.1) is 5.11 Å². The maximum Gasteiger partial charge on any atom is 0.362 e. The molecule has 0 fully saturated rings. The van der Waals surface area contributed by atoms with Gasteiger partial charge >= 0.3 is 5.97 Å². The van der Waals surface area contributed by atoms with Gasteiger partial charge in [0.25, 0.3) is 0 Å². The minimum absolute atomic E-state index is 0.141. The van der Waals surface area contributed by atoms with Crippen molar-refractivity contribution in [3.63, 3.8) is 0 Å². The number of carbonyl (C=O) groups is 1.